The Morgan fingerprint density at radius 2 is 1.42 bits per heavy atom. The summed E-state index contributed by atoms with van der Waals surface area (Å²) in [5.41, 5.74) is 13.4. The molecule has 4 amide bonds. The van der Waals surface area contributed by atoms with Gasteiger partial charge in [0.25, 0.3) is 0 Å². The fraction of sp³-hybridized carbons (Fsp3) is 0.429. The smallest absolute Gasteiger partial charge is 0.246 e. The maximum atomic E-state index is 13.6. The zero-order chi connectivity index (χ0) is 27.2. The Labute approximate surface area is 222 Å². The van der Waals surface area contributed by atoms with Crippen molar-refractivity contribution >= 4 is 23.6 Å². The third-order valence-electron chi connectivity index (χ3n) is 7.31. The van der Waals surface area contributed by atoms with E-state index < -0.39 is 36.0 Å². The molecule has 2 aliphatic rings. The summed E-state index contributed by atoms with van der Waals surface area (Å²) in [5.74, 6) is -1.55. The third-order valence-corrected chi connectivity index (χ3v) is 7.31. The molecule has 0 radical (unpaired) electrons. The van der Waals surface area contributed by atoms with Gasteiger partial charge in [0.1, 0.15) is 23.9 Å². The second-order valence-electron chi connectivity index (χ2n) is 10.0. The van der Waals surface area contributed by atoms with Crippen LogP contribution in [0.25, 0.3) is 0 Å². The minimum atomic E-state index is -0.909. The highest BCUT2D eigenvalue weighted by molar-refractivity contribution is 5.95. The van der Waals surface area contributed by atoms with E-state index in [1.165, 1.54) is 21.9 Å². The molecule has 0 saturated carbocycles. The van der Waals surface area contributed by atoms with Gasteiger partial charge in [0.15, 0.2) is 0 Å². The molecule has 0 aromatic heterocycles. The van der Waals surface area contributed by atoms with Crippen molar-refractivity contribution in [3.8, 4) is 5.75 Å². The number of nitrogens with one attached hydrogen (secondary N) is 1. The molecule has 2 saturated heterocycles. The molecule has 0 bridgehead atoms. The highest BCUT2D eigenvalue weighted by Gasteiger charge is 2.40. The minimum absolute atomic E-state index is 0.126. The van der Waals surface area contributed by atoms with Crippen molar-refractivity contribution in [2.45, 2.75) is 62.7 Å². The molecule has 2 aromatic carbocycles. The number of rotatable bonds is 9. The molecule has 0 spiro atoms. The lowest BCUT2D eigenvalue weighted by atomic mass is 10.0. The van der Waals surface area contributed by atoms with Crippen molar-refractivity contribution in [1.82, 2.24) is 15.1 Å². The van der Waals surface area contributed by atoms with E-state index in [0.717, 1.165) is 11.1 Å². The zero-order valence-corrected chi connectivity index (χ0v) is 21.3. The Bertz CT molecular complexity index is 1160. The van der Waals surface area contributed by atoms with Gasteiger partial charge in [0, 0.05) is 19.5 Å². The van der Waals surface area contributed by atoms with E-state index in [1.54, 1.807) is 12.1 Å². The van der Waals surface area contributed by atoms with Gasteiger partial charge in [0.05, 0.1) is 6.04 Å². The monoisotopic (exact) mass is 521 g/mol. The summed E-state index contributed by atoms with van der Waals surface area (Å²) in [7, 11) is 0. The summed E-state index contributed by atoms with van der Waals surface area (Å²) in [6.45, 7) is 0.793. The number of amides is 4. The molecule has 38 heavy (non-hydrogen) atoms. The Kier molecular flexibility index (Phi) is 8.62. The van der Waals surface area contributed by atoms with E-state index in [4.69, 9.17) is 11.5 Å². The Morgan fingerprint density at radius 3 is 2.05 bits per heavy atom. The lowest BCUT2D eigenvalue weighted by molar-refractivity contribution is -0.143. The average Bonchev–Trinajstić information content (AvgIpc) is 3.60. The summed E-state index contributed by atoms with van der Waals surface area (Å²) in [6.07, 6.45) is 2.77. The van der Waals surface area contributed by atoms with Crippen molar-refractivity contribution in [2.24, 2.45) is 11.5 Å². The molecule has 0 unspecified atom stereocenters. The predicted molar refractivity (Wildman–Crippen MR) is 141 cm³/mol. The highest BCUT2D eigenvalue weighted by atomic mass is 16.3. The van der Waals surface area contributed by atoms with Crippen LogP contribution in [0.3, 0.4) is 0 Å². The van der Waals surface area contributed by atoms with Gasteiger partial charge >= 0.3 is 0 Å². The first-order valence-electron chi connectivity index (χ1n) is 13.0. The first-order chi connectivity index (χ1) is 18.2. The number of hydrogen-bond acceptors (Lipinski definition) is 6. The maximum Gasteiger partial charge on any atom is 0.246 e. The van der Waals surface area contributed by atoms with Gasteiger partial charge < -0.3 is 31.7 Å². The van der Waals surface area contributed by atoms with E-state index in [2.05, 4.69) is 5.32 Å². The summed E-state index contributed by atoms with van der Waals surface area (Å²) in [6, 6.07) is 12.6. The van der Waals surface area contributed by atoms with Crippen LogP contribution in [0.15, 0.2) is 54.6 Å². The minimum Gasteiger partial charge on any atom is -0.508 e. The maximum absolute atomic E-state index is 13.6. The zero-order valence-electron chi connectivity index (χ0n) is 21.3. The number of nitrogens with zero attached hydrogens (tertiary/aromatic N) is 2. The van der Waals surface area contributed by atoms with Crippen molar-refractivity contribution in [3.63, 3.8) is 0 Å². The number of hydrogen-bond donors (Lipinski definition) is 4. The number of phenols is 1. The van der Waals surface area contributed by atoms with Crippen LogP contribution in [0, 0.1) is 0 Å². The Balaban J connectivity index is 1.47. The molecule has 2 heterocycles. The SMILES string of the molecule is NC(=O)[C@@H]1CCCN1C(=O)[C@H](Cc1ccccc1)NC(=O)[C@@H]1CCCN1C(=O)[C@H](N)Cc1ccc(O)cc1. The second kappa shape index (κ2) is 12.1. The van der Waals surface area contributed by atoms with Gasteiger partial charge in [-0.3, -0.25) is 19.2 Å². The number of aromatic hydroxyl groups is 1. The van der Waals surface area contributed by atoms with Crippen molar-refractivity contribution in [3.05, 3.63) is 65.7 Å². The molecule has 4 atom stereocenters. The van der Waals surface area contributed by atoms with Crippen molar-refractivity contribution < 1.29 is 24.3 Å². The molecule has 10 heteroatoms. The van der Waals surface area contributed by atoms with E-state index in [9.17, 15) is 24.3 Å². The lowest BCUT2D eigenvalue weighted by Crippen LogP contribution is -2.57. The molecular formula is C28H35N5O5. The Morgan fingerprint density at radius 1 is 0.842 bits per heavy atom. The molecule has 10 nitrogen and oxygen atoms in total. The van der Waals surface area contributed by atoms with E-state index in [0.29, 0.717) is 38.8 Å². The highest BCUT2D eigenvalue weighted by Crippen LogP contribution is 2.22. The molecular weight excluding hydrogens is 486 g/mol. The van der Waals surface area contributed by atoms with Gasteiger partial charge in [0.2, 0.25) is 23.6 Å². The van der Waals surface area contributed by atoms with Crippen LogP contribution in [0.4, 0.5) is 0 Å². The van der Waals surface area contributed by atoms with Crippen LogP contribution >= 0.6 is 0 Å². The van der Waals surface area contributed by atoms with E-state index in [1.807, 2.05) is 30.3 Å². The molecule has 2 aliphatic heterocycles. The standard InChI is InChI=1S/C28H35N5O5/c29-21(16-19-10-12-20(34)13-11-19)27(37)33-15-5-9-24(33)26(36)31-22(17-18-6-2-1-3-7-18)28(38)32-14-4-8-23(32)25(30)35/h1-3,6-7,10-13,21-24,34H,4-5,8-9,14-17,29H2,(H2,30,35)(H,31,36)/t21-,22+,23+,24+/m1/s1. The first kappa shape index (κ1) is 27.1. The quantitative estimate of drug-likeness (QED) is 0.375. The van der Waals surface area contributed by atoms with Gasteiger partial charge in [-0.15, -0.1) is 0 Å². The molecule has 4 rings (SSSR count). The van der Waals surface area contributed by atoms with Crippen LogP contribution < -0.4 is 16.8 Å². The van der Waals surface area contributed by atoms with Crippen LogP contribution in [-0.2, 0) is 32.0 Å². The molecule has 0 aliphatic carbocycles. The largest absolute Gasteiger partial charge is 0.508 e. The number of carbonyl (C=O) groups excluding carboxylic acids is 4. The van der Waals surface area contributed by atoms with E-state index >= 15 is 0 Å². The lowest BCUT2D eigenvalue weighted by Gasteiger charge is -2.31. The topological polar surface area (TPSA) is 159 Å². The summed E-state index contributed by atoms with van der Waals surface area (Å²) < 4.78 is 0. The number of carbonyl (C=O) groups is 4. The Hall–Kier alpha value is -3.92. The van der Waals surface area contributed by atoms with Crippen LogP contribution in [0.5, 0.6) is 5.75 Å². The molecule has 6 N–H and O–H groups in total. The van der Waals surface area contributed by atoms with E-state index in [-0.39, 0.29) is 30.4 Å². The predicted octanol–water partition coefficient (Wildman–Crippen LogP) is 0.457. The van der Waals surface area contributed by atoms with Gasteiger partial charge in [-0.05, 0) is 55.4 Å². The fourth-order valence-electron chi connectivity index (χ4n) is 5.33. The summed E-state index contributed by atoms with van der Waals surface area (Å²) in [5, 5.41) is 12.4. The van der Waals surface area contributed by atoms with Crippen LogP contribution in [0.1, 0.15) is 36.8 Å². The summed E-state index contributed by atoms with van der Waals surface area (Å²) in [4.78, 5) is 55.1. The number of phenolic OH excluding ortho intramolecular Hbond substituents is 1. The van der Waals surface area contributed by atoms with Gasteiger partial charge in [-0.1, -0.05) is 42.5 Å². The number of likely N-dealkylation sites (tertiary alicyclic amines) is 2. The van der Waals surface area contributed by atoms with Gasteiger partial charge in [-0.2, -0.15) is 0 Å². The van der Waals surface area contributed by atoms with Crippen LogP contribution in [-0.4, -0.2) is 75.8 Å². The number of benzene rings is 2. The molecule has 2 aromatic rings. The number of primary amides is 1. The third kappa shape index (κ3) is 6.31. The fourth-order valence-corrected chi connectivity index (χ4v) is 5.33. The molecule has 202 valence electrons. The van der Waals surface area contributed by atoms with Crippen LogP contribution in [0.2, 0.25) is 0 Å². The van der Waals surface area contributed by atoms with Crippen molar-refractivity contribution in [2.75, 3.05) is 13.1 Å². The van der Waals surface area contributed by atoms with Gasteiger partial charge in [-0.25, -0.2) is 0 Å². The first-order valence-corrected chi connectivity index (χ1v) is 13.0. The average molecular weight is 522 g/mol. The van der Waals surface area contributed by atoms with Crippen molar-refractivity contribution in [1.29, 1.82) is 0 Å². The molecule has 2 fully saturated rings. The normalized spacial score (nSPS) is 20.7. The second-order valence-corrected chi connectivity index (χ2v) is 10.0. The summed E-state index contributed by atoms with van der Waals surface area (Å²) >= 11 is 0. The number of nitrogens with two attached hydrogens (primary N) is 2.